The molecule has 0 aromatic heterocycles. The molecule has 1 aliphatic carbocycles. The second-order valence-electron chi connectivity index (χ2n) is 10.6. The van der Waals surface area contributed by atoms with E-state index in [-0.39, 0.29) is 22.8 Å². The van der Waals surface area contributed by atoms with Gasteiger partial charge in [-0.15, -0.1) is 0 Å². The highest BCUT2D eigenvalue weighted by Crippen LogP contribution is 2.57. The van der Waals surface area contributed by atoms with Crippen LogP contribution >= 0.6 is 0 Å². The number of nitrogens with zero attached hydrogens (tertiary/aromatic N) is 2. The van der Waals surface area contributed by atoms with E-state index < -0.39 is 0 Å². The molecule has 0 radical (unpaired) electrons. The van der Waals surface area contributed by atoms with Gasteiger partial charge in [-0.1, -0.05) is 63.2 Å². The molecule has 3 aliphatic rings. The van der Waals surface area contributed by atoms with E-state index in [1.165, 1.54) is 11.1 Å². The second-order valence-corrected chi connectivity index (χ2v) is 10.6. The largest absolute Gasteiger partial charge is 0.508 e. The molecule has 1 N–H and O–H groups in total. The van der Waals surface area contributed by atoms with Crippen LogP contribution in [0.5, 0.6) is 5.75 Å². The lowest BCUT2D eigenvalue weighted by atomic mass is 9.51. The number of phenolic OH excluding ortho intramolecular Hbond substituents is 1. The first-order valence-corrected chi connectivity index (χ1v) is 11.7. The number of amides is 1. The number of aromatic hydroxyl groups is 1. The third-order valence-electron chi connectivity index (χ3n) is 8.78. The first kappa shape index (κ1) is 20.6. The van der Waals surface area contributed by atoms with Crippen molar-refractivity contribution < 1.29 is 9.90 Å². The Hall–Kier alpha value is -2.33. The van der Waals surface area contributed by atoms with Crippen molar-refractivity contribution >= 4 is 5.91 Å². The number of carbonyl (C=O) groups excluding carboxylic acids is 1. The van der Waals surface area contributed by atoms with Crippen LogP contribution in [0.15, 0.2) is 48.5 Å². The van der Waals surface area contributed by atoms with E-state index >= 15 is 0 Å². The second kappa shape index (κ2) is 7.37. The van der Waals surface area contributed by atoms with Gasteiger partial charge in [0.15, 0.2) is 0 Å². The van der Waals surface area contributed by atoms with Crippen molar-refractivity contribution in [3.8, 4) is 5.75 Å². The zero-order chi connectivity index (χ0) is 21.8. The van der Waals surface area contributed by atoms with E-state index in [9.17, 15) is 9.90 Å². The van der Waals surface area contributed by atoms with Crippen LogP contribution in [0.2, 0.25) is 0 Å². The fourth-order valence-electron chi connectivity index (χ4n) is 6.44. The number of benzene rings is 2. The Labute approximate surface area is 185 Å². The minimum atomic E-state index is -0.0377. The van der Waals surface area contributed by atoms with Crippen LogP contribution in [0.3, 0.4) is 0 Å². The van der Waals surface area contributed by atoms with Gasteiger partial charge in [-0.25, -0.2) is 0 Å². The maximum Gasteiger partial charge on any atom is 0.227 e. The van der Waals surface area contributed by atoms with Gasteiger partial charge in [0.1, 0.15) is 5.75 Å². The molecule has 1 amide bonds. The van der Waals surface area contributed by atoms with Gasteiger partial charge in [0, 0.05) is 31.1 Å². The smallest absolute Gasteiger partial charge is 0.227 e. The van der Waals surface area contributed by atoms with Crippen LogP contribution in [0, 0.1) is 11.3 Å². The van der Waals surface area contributed by atoms with E-state index in [0.29, 0.717) is 11.7 Å². The molecule has 0 spiro atoms. The Balaban J connectivity index is 1.36. The minimum absolute atomic E-state index is 0.0320. The molecule has 2 heterocycles. The van der Waals surface area contributed by atoms with Crippen molar-refractivity contribution in [2.75, 3.05) is 19.6 Å². The lowest BCUT2D eigenvalue weighted by Crippen LogP contribution is -2.65. The molecule has 4 nitrogen and oxygen atoms in total. The summed E-state index contributed by atoms with van der Waals surface area (Å²) in [5.74, 6) is 0.776. The Morgan fingerprint density at radius 2 is 1.84 bits per heavy atom. The zero-order valence-corrected chi connectivity index (χ0v) is 19.0. The molecule has 2 fully saturated rings. The van der Waals surface area contributed by atoms with Gasteiger partial charge in [0.05, 0.1) is 5.92 Å². The Morgan fingerprint density at radius 3 is 2.61 bits per heavy atom. The summed E-state index contributed by atoms with van der Waals surface area (Å²) in [7, 11) is 0. The highest BCUT2D eigenvalue weighted by Gasteiger charge is 2.57. The molecule has 0 saturated carbocycles. The average Bonchev–Trinajstić information content (AvgIpc) is 3.20. The van der Waals surface area contributed by atoms with Gasteiger partial charge >= 0.3 is 0 Å². The van der Waals surface area contributed by atoms with Crippen molar-refractivity contribution in [1.82, 2.24) is 9.80 Å². The fraction of sp³-hybridized carbons (Fsp3) is 0.519. The summed E-state index contributed by atoms with van der Waals surface area (Å²) < 4.78 is 0. The number of carbonyl (C=O) groups is 1. The van der Waals surface area contributed by atoms with E-state index in [4.69, 9.17) is 0 Å². The molecule has 164 valence electrons. The monoisotopic (exact) mass is 418 g/mol. The molecular formula is C27H34N2O2. The van der Waals surface area contributed by atoms with Gasteiger partial charge in [0.25, 0.3) is 0 Å². The highest BCUT2D eigenvalue weighted by molar-refractivity contribution is 5.80. The summed E-state index contributed by atoms with van der Waals surface area (Å²) in [6.45, 7) is 10.5. The highest BCUT2D eigenvalue weighted by atomic mass is 16.3. The summed E-state index contributed by atoms with van der Waals surface area (Å²) in [6, 6.07) is 16.6. The van der Waals surface area contributed by atoms with Crippen LogP contribution in [0.4, 0.5) is 0 Å². The SMILES string of the molecule is CC1(C)C2Cc3c(O)cccc3[C@]1(C)CCN2C(=O)C1CCN(Cc2ccccc2)C1. The van der Waals surface area contributed by atoms with Crippen LogP contribution in [-0.4, -0.2) is 46.5 Å². The number of rotatable bonds is 3. The lowest BCUT2D eigenvalue weighted by Gasteiger charge is -2.61. The standard InChI is InChI=1S/C27H34N2O2/c1-26(2)24-16-21-22(10-7-11-23(21)30)27(26,3)13-15-29(24)25(31)20-12-14-28(18-20)17-19-8-5-4-6-9-19/h4-11,20,24,30H,12-18H2,1-3H3/t20?,24?,27-/m0/s1. The minimum Gasteiger partial charge on any atom is -0.508 e. The molecule has 2 aromatic rings. The Bertz CT molecular complexity index is 986. The first-order chi connectivity index (χ1) is 14.8. The molecule has 2 saturated heterocycles. The Kier molecular flexibility index (Phi) is 4.89. The Morgan fingerprint density at radius 1 is 1.06 bits per heavy atom. The van der Waals surface area contributed by atoms with E-state index in [1.807, 2.05) is 12.1 Å². The number of likely N-dealkylation sites (tertiary alicyclic amines) is 2. The number of hydrogen-bond acceptors (Lipinski definition) is 3. The van der Waals surface area contributed by atoms with Gasteiger partial charge in [-0.2, -0.15) is 0 Å². The summed E-state index contributed by atoms with van der Waals surface area (Å²) in [5, 5.41) is 10.6. The maximum atomic E-state index is 13.7. The van der Waals surface area contributed by atoms with Crippen LogP contribution in [0.1, 0.15) is 50.3 Å². The molecule has 2 aromatic carbocycles. The third kappa shape index (κ3) is 3.18. The number of fused-ring (bicyclic) bond motifs is 4. The molecule has 4 heteroatoms. The zero-order valence-electron chi connectivity index (χ0n) is 19.0. The van der Waals surface area contributed by atoms with Crippen LogP contribution in [-0.2, 0) is 23.2 Å². The van der Waals surface area contributed by atoms with Crippen molar-refractivity contribution in [1.29, 1.82) is 0 Å². The summed E-state index contributed by atoms with van der Waals surface area (Å²) in [4.78, 5) is 18.3. The summed E-state index contributed by atoms with van der Waals surface area (Å²) in [6.07, 6.45) is 2.63. The van der Waals surface area contributed by atoms with Crippen molar-refractivity contribution in [3.05, 3.63) is 65.2 Å². The van der Waals surface area contributed by atoms with Crippen LogP contribution < -0.4 is 0 Å². The molecule has 2 aliphatic heterocycles. The molecule has 5 rings (SSSR count). The van der Waals surface area contributed by atoms with Crippen molar-refractivity contribution in [2.45, 2.75) is 58.0 Å². The molecule has 2 bridgehead atoms. The number of piperidine rings is 1. The summed E-state index contributed by atoms with van der Waals surface area (Å²) in [5.41, 5.74) is 3.56. The topological polar surface area (TPSA) is 43.8 Å². The molecule has 2 unspecified atom stereocenters. The number of hydrogen-bond donors (Lipinski definition) is 1. The predicted molar refractivity (Wildman–Crippen MR) is 123 cm³/mol. The predicted octanol–water partition coefficient (Wildman–Crippen LogP) is 4.36. The lowest BCUT2D eigenvalue weighted by molar-refractivity contribution is -0.147. The fourth-order valence-corrected chi connectivity index (χ4v) is 6.44. The average molecular weight is 419 g/mol. The van der Waals surface area contributed by atoms with E-state index in [0.717, 1.165) is 51.0 Å². The first-order valence-electron chi connectivity index (χ1n) is 11.7. The molecule has 31 heavy (non-hydrogen) atoms. The van der Waals surface area contributed by atoms with Crippen LogP contribution in [0.25, 0.3) is 0 Å². The third-order valence-corrected chi connectivity index (χ3v) is 8.78. The normalized spacial score (nSPS) is 29.6. The summed E-state index contributed by atoms with van der Waals surface area (Å²) >= 11 is 0. The van der Waals surface area contributed by atoms with E-state index in [1.54, 1.807) is 6.07 Å². The van der Waals surface area contributed by atoms with E-state index in [2.05, 4.69) is 60.9 Å². The molecule has 3 atom stereocenters. The van der Waals surface area contributed by atoms with Crippen molar-refractivity contribution in [3.63, 3.8) is 0 Å². The van der Waals surface area contributed by atoms with Gasteiger partial charge < -0.3 is 10.0 Å². The number of phenols is 1. The van der Waals surface area contributed by atoms with Gasteiger partial charge in [0.2, 0.25) is 5.91 Å². The van der Waals surface area contributed by atoms with Gasteiger partial charge in [-0.3, -0.25) is 9.69 Å². The maximum absolute atomic E-state index is 13.7. The van der Waals surface area contributed by atoms with Crippen molar-refractivity contribution in [2.24, 2.45) is 11.3 Å². The quantitative estimate of drug-likeness (QED) is 0.806. The van der Waals surface area contributed by atoms with Gasteiger partial charge in [-0.05, 0) is 54.0 Å². The molecular weight excluding hydrogens is 384 g/mol.